The van der Waals surface area contributed by atoms with Crippen molar-refractivity contribution < 1.29 is 4.74 Å². The van der Waals surface area contributed by atoms with Gasteiger partial charge in [-0.2, -0.15) is 0 Å². The zero-order chi connectivity index (χ0) is 14.2. The lowest BCUT2D eigenvalue weighted by atomic mass is 9.79. The van der Waals surface area contributed by atoms with Gasteiger partial charge in [0.2, 0.25) is 0 Å². The third-order valence-electron chi connectivity index (χ3n) is 5.41. The summed E-state index contributed by atoms with van der Waals surface area (Å²) in [5.41, 5.74) is 3.55. The molecule has 2 aliphatic rings. The average molecular weight is 278 g/mol. The van der Waals surface area contributed by atoms with Gasteiger partial charge in [-0.3, -0.25) is 0 Å². The van der Waals surface area contributed by atoms with Gasteiger partial charge in [-0.05, 0) is 49.5 Å². The number of hydrogen-bond acceptors (Lipinski definition) is 1. The minimum atomic E-state index is 0.808. The van der Waals surface area contributed by atoms with Crippen LogP contribution in [-0.2, 0) is 4.74 Å². The van der Waals surface area contributed by atoms with Gasteiger partial charge in [0, 0.05) is 0 Å². The normalized spacial score (nSPS) is 29.7. The lowest BCUT2D eigenvalue weighted by Gasteiger charge is -2.31. The Labute approximate surface area is 126 Å². The molecule has 2 rings (SSSR count). The van der Waals surface area contributed by atoms with Crippen LogP contribution >= 0.6 is 0 Å². The first-order valence-electron chi connectivity index (χ1n) is 9.16. The Morgan fingerprint density at radius 2 is 1.60 bits per heavy atom. The molecule has 0 radical (unpaired) electrons. The predicted molar refractivity (Wildman–Crippen MR) is 87.0 cm³/mol. The summed E-state index contributed by atoms with van der Waals surface area (Å²) in [6, 6.07) is 0. The molecule has 1 heterocycles. The Bertz CT molecular complexity index is 305. The summed E-state index contributed by atoms with van der Waals surface area (Å²) in [6.45, 7) is 6.63. The predicted octanol–water partition coefficient (Wildman–Crippen LogP) is 5.89. The molecule has 2 atom stereocenters. The van der Waals surface area contributed by atoms with E-state index in [9.17, 15) is 0 Å². The Morgan fingerprint density at radius 1 is 0.900 bits per heavy atom. The van der Waals surface area contributed by atoms with Crippen molar-refractivity contribution in [1.82, 2.24) is 0 Å². The molecule has 0 spiro atoms. The largest absolute Gasteiger partial charge is 0.377 e. The molecule has 0 bridgehead atoms. The van der Waals surface area contributed by atoms with Crippen LogP contribution in [-0.4, -0.2) is 13.2 Å². The second-order valence-electron chi connectivity index (χ2n) is 6.79. The van der Waals surface area contributed by atoms with Crippen LogP contribution in [0, 0.1) is 11.8 Å². The summed E-state index contributed by atoms with van der Waals surface area (Å²) < 4.78 is 5.84. The highest BCUT2D eigenvalue weighted by atomic mass is 16.5. The van der Waals surface area contributed by atoms with Crippen molar-refractivity contribution in [2.75, 3.05) is 13.2 Å². The summed E-state index contributed by atoms with van der Waals surface area (Å²) in [4.78, 5) is 0. The second kappa shape index (κ2) is 8.87. The zero-order valence-corrected chi connectivity index (χ0v) is 13.8. The summed E-state index contributed by atoms with van der Waals surface area (Å²) in [5.74, 6) is 1.67. The molecule has 1 aliphatic carbocycles. The van der Waals surface area contributed by atoms with Crippen molar-refractivity contribution in [2.45, 2.75) is 84.5 Å². The van der Waals surface area contributed by atoms with E-state index in [-0.39, 0.29) is 0 Å². The van der Waals surface area contributed by atoms with E-state index in [0.717, 1.165) is 25.0 Å². The molecule has 0 aromatic rings. The van der Waals surface area contributed by atoms with Gasteiger partial charge in [0.1, 0.15) is 0 Å². The number of hydrogen-bond donors (Lipinski definition) is 0. The van der Waals surface area contributed by atoms with Crippen LogP contribution in [0.25, 0.3) is 0 Å². The molecule has 1 nitrogen and oxygen atoms in total. The minimum absolute atomic E-state index is 0.808. The van der Waals surface area contributed by atoms with E-state index in [0.29, 0.717) is 0 Å². The molecule has 0 aromatic carbocycles. The smallest absolute Gasteiger partial charge is 0.0682 e. The van der Waals surface area contributed by atoms with E-state index in [2.05, 4.69) is 13.8 Å². The van der Waals surface area contributed by atoms with E-state index in [1.54, 1.807) is 5.57 Å². The maximum absolute atomic E-state index is 5.84. The van der Waals surface area contributed by atoms with Crippen molar-refractivity contribution in [1.29, 1.82) is 0 Å². The van der Waals surface area contributed by atoms with Crippen LogP contribution in [0.15, 0.2) is 11.1 Å². The first-order valence-corrected chi connectivity index (χ1v) is 9.16. The quantitative estimate of drug-likeness (QED) is 0.585. The zero-order valence-electron chi connectivity index (χ0n) is 13.8. The maximum atomic E-state index is 5.84. The number of rotatable bonds is 3. The van der Waals surface area contributed by atoms with E-state index >= 15 is 0 Å². The summed E-state index contributed by atoms with van der Waals surface area (Å²) >= 11 is 0. The molecule has 116 valence electrons. The Morgan fingerprint density at radius 3 is 2.30 bits per heavy atom. The van der Waals surface area contributed by atoms with Crippen molar-refractivity contribution >= 4 is 0 Å². The van der Waals surface area contributed by atoms with Gasteiger partial charge in [0.25, 0.3) is 0 Å². The standard InChI is InChI=1S/C19H34O/c1-3-10-17-12-9-7-5-6-8-11-16(4-2)19-15-20-14-13-18(17)19/h16-17H,3-15H2,1-2H3. The van der Waals surface area contributed by atoms with Gasteiger partial charge < -0.3 is 4.74 Å². The van der Waals surface area contributed by atoms with E-state index in [1.807, 2.05) is 5.57 Å². The van der Waals surface area contributed by atoms with Gasteiger partial charge in [-0.15, -0.1) is 0 Å². The van der Waals surface area contributed by atoms with Crippen LogP contribution in [0.2, 0.25) is 0 Å². The van der Waals surface area contributed by atoms with Gasteiger partial charge in [-0.25, -0.2) is 0 Å². The second-order valence-corrected chi connectivity index (χ2v) is 6.79. The number of ether oxygens (including phenoxy) is 1. The first-order chi connectivity index (χ1) is 9.86. The topological polar surface area (TPSA) is 9.23 Å². The molecule has 0 saturated carbocycles. The Hall–Kier alpha value is -0.300. The fourth-order valence-electron chi connectivity index (χ4n) is 4.24. The molecular weight excluding hydrogens is 244 g/mol. The first kappa shape index (κ1) is 16.1. The highest BCUT2D eigenvalue weighted by Crippen LogP contribution is 2.37. The van der Waals surface area contributed by atoms with E-state index in [4.69, 9.17) is 4.74 Å². The van der Waals surface area contributed by atoms with E-state index in [1.165, 1.54) is 70.6 Å². The minimum Gasteiger partial charge on any atom is -0.377 e. The molecule has 1 aliphatic heterocycles. The molecule has 2 unspecified atom stereocenters. The third kappa shape index (κ3) is 4.35. The molecule has 0 N–H and O–H groups in total. The molecule has 0 aromatic heterocycles. The summed E-state index contributed by atoms with van der Waals surface area (Å²) in [7, 11) is 0. The maximum Gasteiger partial charge on any atom is 0.0682 e. The molecule has 1 heteroatoms. The SMILES string of the molecule is CCCC1CCCCCCCC(CC)C2=C1CCOC2. The lowest BCUT2D eigenvalue weighted by molar-refractivity contribution is 0.131. The van der Waals surface area contributed by atoms with Crippen LogP contribution in [0.5, 0.6) is 0 Å². The molecule has 0 saturated heterocycles. The van der Waals surface area contributed by atoms with Crippen LogP contribution in [0.4, 0.5) is 0 Å². The summed E-state index contributed by atoms with van der Waals surface area (Å²) in [5, 5.41) is 0. The third-order valence-corrected chi connectivity index (χ3v) is 5.41. The summed E-state index contributed by atoms with van der Waals surface area (Å²) in [6.07, 6.45) is 15.3. The van der Waals surface area contributed by atoms with Gasteiger partial charge in [0.05, 0.1) is 13.2 Å². The van der Waals surface area contributed by atoms with E-state index < -0.39 is 0 Å². The highest BCUT2D eigenvalue weighted by molar-refractivity contribution is 5.22. The van der Waals surface area contributed by atoms with Crippen molar-refractivity contribution in [3.8, 4) is 0 Å². The van der Waals surface area contributed by atoms with Crippen molar-refractivity contribution in [3.63, 3.8) is 0 Å². The molecular formula is C19H34O. The molecule has 0 amide bonds. The molecule has 0 fully saturated rings. The highest BCUT2D eigenvalue weighted by Gasteiger charge is 2.25. The van der Waals surface area contributed by atoms with Gasteiger partial charge in [0.15, 0.2) is 0 Å². The van der Waals surface area contributed by atoms with Gasteiger partial charge >= 0.3 is 0 Å². The Balaban J connectivity index is 2.22. The lowest BCUT2D eigenvalue weighted by Crippen LogP contribution is -2.22. The van der Waals surface area contributed by atoms with Crippen molar-refractivity contribution in [2.24, 2.45) is 11.8 Å². The van der Waals surface area contributed by atoms with Crippen LogP contribution in [0.3, 0.4) is 0 Å². The Kier molecular flexibility index (Phi) is 7.13. The van der Waals surface area contributed by atoms with Gasteiger partial charge in [-0.1, -0.05) is 57.9 Å². The molecule has 20 heavy (non-hydrogen) atoms. The monoisotopic (exact) mass is 278 g/mol. The van der Waals surface area contributed by atoms with Crippen LogP contribution < -0.4 is 0 Å². The average Bonchev–Trinajstić information content (AvgIpc) is 2.52. The fourth-order valence-corrected chi connectivity index (χ4v) is 4.24. The van der Waals surface area contributed by atoms with Crippen molar-refractivity contribution in [3.05, 3.63) is 11.1 Å². The van der Waals surface area contributed by atoms with Crippen LogP contribution in [0.1, 0.15) is 84.5 Å². The fraction of sp³-hybridized carbons (Fsp3) is 0.895.